The van der Waals surface area contributed by atoms with Gasteiger partial charge >= 0.3 is 0 Å². The summed E-state index contributed by atoms with van der Waals surface area (Å²) in [6, 6.07) is 2.23. The van der Waals surface area contributed by atoms with Crippen molar-refractivity contribution in [3.8, 4) is 6.07 Å². The molecule has 0 spiro atoms. The normalized spacial score (nSPS) is 17.1. The van der Waals surface area contributed by atoms with Gasteiger partial charge in [-0.25, -0.2) is 4.98 Å². The van der Waals surface area contributed by atoms with Crippen LogP contribution in [0.3, 0.4) is 0 Å². The van der Waals surface area contributed by atoms with Gasteiger partial charge in [-0.1, -0.05) is 0 Å². The third-order valence-electron chi connectivity index (χ3n) is 2.62. The monoisotopic (exact) mass is 188 g/mol. The molecule has 0 aliphatic heterocycles. The van der Waals surface area contributed by atoms with Crippen molar-refractivity contribution in [2.24, 2.45) is 5.41 Å². The number of hydrogen-bond donors (Lipinski definition) is 1. The van der Waals surface area contributed by atoms with E-state index < -0.39 is 0 Å². The van der Waals surface area contributed by atoms with Crippen LogP contribution in [-0.4, -0.2) is 16.5 Å². The fourth-order valence-electron chi connectivity index (χ4n) is 1.43. The molecule has 1 saturated carbocycles. The Labute approximate surface area is 83.0 Å². The second kappa shape index (κ2) is 3.62. The molecule has 72 valence electrons. The van der Waals surface area contributed by atoms with Crippen LogP contribution >= 0.6 is 0 Å². The van der Waals surface area contributed by atoms with Gasteiger partial charge in [0.2, 0.25) is 0 Å². The molecule has 1 aliphatic rings. The minimum absolute atomic E-state index is 0.215. The fourth-order valence-corrected chi connectivity index (χ4v) is 1.43. The molecule has 4 nitrogen and oxygen atoms in total. The lowest BCUT2D eigenvalue weighted by Crippen LogP contribution is -2.15. The van der Waals surface area contributed by atoms with E-state index in [1.54, 1.807) is 18.6 Å². The van der Waals surface area contributed by atoms with Crippen molar-refractivity contribution in [2.75, 3.05) is 11.9 Å². The zero-order chi connectivity index (χ0) is 9.86. The van der Waals surface area contributed by atoms with E-state index in [1.165, 1.54) is 0 Å². The molecular formula is C10H12N4. The molecule has 0 bridgehead atoms. The van der Waals surface area contributed by atoms with Gasteiger partial charge in [0.1, 0.15) is 5.82 Å². The molecule has 2 rings (SSSR count). The molecule has 0 amide bonds. The van der Waals surface area contributed by atoms with Crippen molar-refractivity contribution >= 4 is 5.82 Å². The Kier molecular flexibility index (Phi) is 2.32. The molecule has 0 atom stereocenters. The van der Waals surface area contributed by atoms with Crippen LogP contribution in [0.4, 0.5) is 5.82 Å². The molecule has 1 heterocycles. The van der Waals surface area contributed by atoms with Gasteiger partial charge in [-0.2, -0.15) is 5.26 Å². The van der Waals surface area contributed by atoms with Gasteiger partial charge in [0.25, 0.3) is 0 Å². The molecule has 1 fully saturated rings. The second-order valence-electron chi connectivity index (χ2n) is 3.78. The number of anilines is 1. The third kappa shape index (κ3) is 1.99. The summed E-state index contributed by atoms with van der Waals surface area (Å²) in [6.07, 6.45) is 7.93. The zero-order valence-electron chi connectivity index (χ0n) is 7.90. The highest BCUT2D eigenvalue weighted by Gasteiger charge is 2.42. The van der Waals surface area contributed by atoms with E-state index in [-0.39, 0.29) is 5.41 Å². The maximum absolute atomic E-state index is 8.63. The van der Waals surface area contributed by atoms with Crippen LogP contribution in [0.1, 0.15) is 19.3 Å². The highest BCUT2D eigenvalue weighted by molar-refractivity contribution is 5.31. The third-order valence-corrected chi connectivity index (χ3v) is 2.62. The number of rotatable bonds is 4. The van der Waals surface area contributed by atoms with Crippen molar-refractivity contribution in [2.45, 2.75) is 19.3 Å². The Morgan fingerprint density at radius 3 is 2.93 bits per heavy atom. The van der Waals surface area contributed by atoms with Gasteiger partial charge in [0.05, 0.1) is 12.3 Å². The van der Waals surface area contributed by atoms with Gasteiger partial charge in [0.15, 0.2) is 0 Å². The van der Waals surface area contributed by atoms with Gasteiger partial charge in [-0.15, -0.1) is 0 Å². The molecule has 1 aromatic rings. The van der Waals surface area contributed by atoms with Gasteiger partial charge in [-0.05, 0) is 12.8 Å². The smallest absolute Gasteiger partial charge is 0.144 e. The van der Waals surface area contributed by atoms with Crippen molar-refractivity contribution in [3.05, 3.63) is 18.6 Å². The van der Waals surface area contributed by atoms with E-state index in [9.17, 15) is 0 Å². The molecule has 1 N–H and O–H groups in total. The van der Waals surface area contributed by atoms with Crippen molar-refractivity contribution in [3.63, 3.8) is 0 Å². The lowest BCUT2D eigenvalue weighted by atomic mass is 10.0. The minimum Gasteiger partial charge on any atom is -0.368 e. The standard InChI is InChI=1S/C10H12N4/c11-4-3-10(1-2-10)8-14-9-7-12-5-6-13-9/h5-7H,1-3,8H2,(H,13,14). The van der Waals surface area contributed by atoms with E-state index >= 15 is 0 Å². The lowest BCUT2D eigenvalue weighted by Gasteiger charge is -2.11. The lowest BCUT2D eigenvalue weighted by molar-refractivity contribution is 0.556. The summed E-state index contributed by atoms with van der Waals surface area (Å²) >= 11 is 0. The summed E-state index contributed by atoms with van der Waals surface area (Å²) in [4.78, 5) is 8.07. The molecule has 0 saturated heterocycles. The number of nitriles is 1. The maximum Gasteiger partial charge on any atom is 0.144 e. The summed E-state index contributed by atoms with van der Waals surface area (Å²) in [5.41, 5.74) is 0.215. The zero-order valence-corrected chi connectivity index (χ0v) is 7.90. The Bertz CT molecular complexity index is 337. The quantitative estimate of drug-likeness (QED) is 0.779. The largest absolute Gasteiger partial charge is 0.368 e. The molecule has 0 radical (unpaired) electrons. The first-order valence-corrected chi connectivity index (χ1v) is 4.72. The minimum atomic E-state index is 0.215. The predicted molar refractivity (Wildman–Crippen MR) is 52.4 cm³/mol. The van der Waals surface area contributed by atoms with Crippen molar-refractivity contribution in [1.29, 1.82) is 5.26 Å². The Morgan fingerprint density at radius 1 is 1.50 bits per heavy atom. The first kappa shape index (κ1) is 8.95. The number of hydrogen-bond acceptors (Lipinski definition) is 4. The van der Waals surface area contributed by atoms with Crippen molar-refractivity contribution in [1.82, 2.24) is 9.97 Å². The van der Waals surface area contributed by atoms with E-state index in [4.69, 9.17) is 5.26 Å². The molecule has 4 heteroatoms. The first-order valence-electron chi connectivity index (χ1n) is 4.72. The summed E-state index contributed by atoms with van der Waals surface area (Å²) in [5.74, 6) is 0.789. The number of nitrogens with zero attached hydrogens (tertiary/aromatic N) is 3. The molecule has 1 aliphatic carbocycles. The Hall–Kier alpha value is -1.63. The first-order chi connectivity index (χ1) is 6.85. The fraction of sp³-hybridized carbons (Fsp3) is 0.500. The summed E-state index contributed by atoms with van der Waals surface area (Å²) < 4.78 is 0. The maximum atomic E-state index is 8.63. The Balaban J connectivity index is 1.87. The van der Waals surface area contributed by atoms with Crippen LogP contribution < -0.4 is 5.32 Å². The van der Waals surface area contributed by atoms with E-state index in [1.807, 2.05) is 0 Å². The van der Waals surface area contributed by atoms with Crippen LogP contribution in [0.2, 0.25) is 0 Å². The summed E-state index contributed by atoms with van der Waals surface area (Å²) in [7, 11) is 0. The van der Waals surface area contributed by atoms with Crippen LogP contribution in [0, 0.1) is 16.7 Å². The molecular weight excluding hydrogens is 176 g/mol. The van der Waals surface area contributed by atoms with Gasteiger partial charge < -0.3 is 5.32 Å². The van der Waals surface area contributed by atoms with E-state index in [2.05, 4.69) is 21.4 Å². The van der Waals surface area contributed by atoms with Crippen LogP contribution in [0.5, 0.6) is 0 Å². The summed E-state index contributed by atoms with van der Waals surface area (Å²) in [5, 5.41) is 11.8. The van der Waals surface area contributed by atoms with Crippen molar-refractivity contribution < 1.29 is 0 Å². The van der Waals surface area contributed by atoms with Gasteiger partial charge in [0, 0.05) is 30.8 Å². The average Bonchev–Trinajstić information content (AvgIpc) is 2.98. The highest BCUT2D eigenvalue weighted by Crippen LogP contribution is 2.48. The number of aromatic nitrogens is 2. The molecule has 0 unspecified atom stereocenters. The Morgan fingerprint density at radius 2 is 2.36 bits per heavy atom. The van der Waals surface area contributed by atoms with Crippen LogP contribution in [0.15, 0.2) is 18.6 Å². The molecule has 1 aromatic heterocycles. The van der Waals surface area contributed by atoms with Crippen LogP contribution in [0.25, 0.3) is 0 Å². The van der Waals surface area contributed by atoms with Crippen LogP contribution in [-0.2, 0) is 0 Å². The van der Waals surface area contributed by atoms with E-state index in [0.717, 1.165) is 25.2 Å². The molecule has 14 heavy (non-hydrogen) atoms. The SMILES string of the molecule is N#CCC1(CNc2cnccn2)CC1. The van der Waals surface area contributed by atoms with Gasteiger partial charge in [-0.3, -0.25) is 4.98 Å². The second-order valence-corrected chi connectivity index (χ2v) is 3.78. The topological polar surface area (TPSA) is 61.6 Å². The van der Waals surface area contributed by atoms with E-state index in [0.29, 0.717) is 6.42 Å². The molecule has 0 aromatic carbocycles. The summed E-state index contributed by atoms with van der Waals surface area (Å²) in [6.45, 7) is 0.833. The highest BCUT2D eigenvalue weighted by atomic mass is 15.0. The number of nitrogens with one attached hydrogen (secondary N) is 1. The predicted octanol–water partition coefficient (Wildman–Crippen LogP) is 1.58. The average molecular weight is 188 g/mol.